The molecule has 0 fully saturated rings. The van der Waals surface area contributed by atoms with Gasteiger partial charge in [-0.05, 0) is 25.5 Å². The van der Waals surface area contributed by atoms with Crippen LogP contribution in [0, 0.1) is 0 Å². The van der Waals surface area contributed by atoms with E-state index in [9.17, 15) is 9.59 Å². The summed E-state index contributed by atoms with van der Waals surface area (Å²) in [6.45, 7) is 2.03. The molecule has 6 heteroatoms. The number of nitrogens with two attached hydrogens (primary N) is 1. The molecule has 17 heavy (non-hydrogen) atoms. The van der Waals surface area contributed by atoms with E-state index in [1.807, 2.05) is 24.4 Å². The van der Waals surface area contributed by atoms with E-state index in [-0.39, 0.29) is 12.6 Å². The molecule has 4 N–H and O–H groups in total. The van der Waals surface area contributed by atoms with Crippen LogP contribution in [0.15, 0.2) is 22.8 Å². The van der Waals surface area contributed by atoms with Crippen LogP contribution in [0.3, 0.4) is 0 Å². The van der Waals surface area contributed by atoms with Gasteiger partial charge in [0.1, 0.15) is 5.76 Å². The molecule has 1 aromatic heterocycles. The summed E-state index contributed by atoms with van der Waals surface area (Å²) < 4.78 is 5.19. The third-order valence-corrected chi connectivity index (χ3v) is 2.28. The van der Waals surface area contributed by atoms with Crippen LogP contribution >= 0.6 is 0 Å². The number of rotatable bonds is 6. The first-order valence-electron chi connectivity index (χ1n) is 5.43. The summed E-state index contributed by atoms with van der Waals surface area (Å²) in [5.74, 6) is 0.489. The van der Waals surface area contributed by atoms with E-state index in [1.54, 1.807) is 6.26 Å². The average Bonchev–Trinajstić information content (AvgIpc) is 2.75. The van der Waals surface area contributed by atoms with E-state index in [4.69, 9.17) is 10.2 Å². The molecule has 0 aliphatic rings. The number of primary amides is 1. The number of aryl methyl sites for hydroxylation is 1. The molecule has 94 valence electrons. The number of hydrogen-bond donors (Lipinski definition) is 3. The van der Waals surface area contributed by atoms with Gasteiger partial charge in [-0.25, -0.2) is 4.79 Å². The second-order valence-electron chi connectivity index (χ2n) is 3.81. The zero-order valence-electron chi connectivity index (χ0n) is 9.73. The first-order valence-corrected chi connectivity index (χ1v) is 5.43. The Bertz CT molecular complexity index is 362. The summed E-state index contributed by atoms with van der Waals surface area (Å²) in [6.07, 6.45) is 3.28. The highest BCUT2D eigenvalue weighted by atomic mass is 16.3. The quantitative estimate of drug-likeness (QED) is 0.668. The monoisotopic (exact) mass is 239 g/mol. The molecular formula is C11H17N3O3. The third kappa shape index (κ3) is 5.72. The summed E-state index contributed by atoms with van der Waals surface area (Å²) in [6, 6.07) is 3.07. The lowest BCUT2D eigenvalue weighted by molar-refractivity contribution is -0.119. The molecule has 6 nitrogen and oxygen atoms in total. The first-order chi connectivity index (χ1) is 8.08. The van der Waals surface area contributed by atoms with Gasteiger partial charge < -0.3 is 15.5 Å². The van der Waals surface area contributed by atoms with Crippen molar-refractivity contribution >= 4 is 11.9 Å². The Labute approximate surface area is 99.5 Å². The van der Waals surface area contributed by atoms with Gasteiger partial charge in [0, 0.05) is 12.5 Å². The van der Waals surface area contributed by atoms with Crippen LogP contribution < -0.4 is 16.4 Å². The molecule has 0 radical (unpaired) electrons. The molecule has 3 amide bonds. The Hall–Kier alpha value is -1.82. The maximum absolute atomic E-state index is 11.1. The molecular weight excluding hydrogens is 222 g/mol. The minimum atomic E-state index is -0.833. The molecule has 0 aromatic carbocycles. The molecule has 0 saturated heterocycles. The lowest BCUT2D eigenvalue weighted by Gasteiger charge is -2.12. The zero-order chi connectivity index (χ0) is 12.7. The number of urea groups is 1. The summed E-state index contributed by atoms with van der Waals surface area (Å²) in [5.41, 5.74) is 4.81. The number of imide groups is 1. The average molecular weight is 239 g/mol. The Morgan fingerprint density at radius 3 is 2.88 bits per heavy atom. The Morgan fingerprint density at radius 1 is 1.53 bits per heavy atom. The molecule has 0 saturated carbocycles. The number of hydrogen-bond acceptors (Lipinski definition) is 4. The van der Waals surface area contributed by atoms with Crippen molar-refractivity contribution in [1.82, 2.24) is 10.6 Å². The fourth-order valence-electron chi connectivity index (χ4n) is 1.36. The summed E-state index contributed by atoms with van der Waals surface area (Å²) in [7, 11) is 0. The molecule has 1 rings (SSSR count). The lowest BCUT2D eigenvalue weighted by atomic mass is 10.1. The van der Waals surface area contributed by atoms with E-state index in [1.165, 1.54) is 0 Å². The van der Waals surface area contributed by atoms with Crippen LogP contribution in [0.1, 0.15) is 19.1 Å². The third-order valence-electron chi connectivity index (χ3n) is 2.28. The topological polar surface area (TPSA) is 97.4 Å². The van der Waals surface area contributed by atoms with Crippen molar-refractivity contribution in [1.29, 1.82) is 0 Å². The molecule has 0 aliphatic heterocycles. The second-order valence-corrected chi connectivity index (χ2v) is 3.81. The van der Waals surface area contributed by atoms with Gasteiger partial charge in [0.2, 0.25) is 5.91 Å². The van der Waals surface area contributed by atoms with Crippen LogP contribution in [0.4, 0.5) is 4.79 Å². The maximum atomic E-state index is 11.1. The van der Waals surface area contributed by atoms with E-state index in [0.717, 1.165) is 18.6 Å². The number of nitrogens with one attached hydrogen (secondary N) is 2. The number of amides is 3. The van der Waals surface area contributed by atoms with E-state index < -0.39 is 11.9 Å². The van der Waals surface area contributed by atoms with Gasteiger partial charge in [0.25, 0.3) is 0 Å². The predicted molar refractivity (Wildman–Crippen MR) is 62.2 cm³/mol. The number of carbonyl (C=O) groups is 2. The molecule has 0 bridgehead atoms. The van der Waals surface area contributed by atoms with Gasteiger partial charge in [-0.2, -0.15) is 0 Å². The van der Waals surface area contributed by atoms with Gasteiger partial charge in [-0.1, -0.05) is 0 Å². The van der Waals surface area contributed by atoms with Crippen molar-refractivity contribution in [2.45, 2.75) is 25.8 Å². The molecule has 1 heterocycles. The van der Waals surface area contributed by atoms with Crippen molar-refractivity contribution in [3.63, 3.8) is 0 Å². The van der Waals surface area contributed by atoms with E-state index in [0.29, 0.717) is 0 Å². The van der Waals surface area contributed by atoms with Crippen LogP contribution in [0.5, 0.6) is 0 Å². The van der Waals surface area contributed by atoms with Gasteiger partial charge >= 0.3 is 6.03 Å². The second kappa shape index (κ2) is 6.70. The molecule has 0 spiro atoms. The van der Waals surface area contributed by atoms with Gasteiger partial charge in [-0.3, -0.25) is 10.1 Å². The predicted octanol–water partition coefficient (Wildman–Crippen LogP) is 0.385. The van der Waals surface area contributed by atoms with Gasteiger partial charge in [-0.15, -0.1) is 0 Å². The van der Waals surface area contributed by atoms with E-state index >= 15 is 0 Å². The van der Waals surface area contributed by atoms with Crippen molar-refractivity contribution < 1.29 is 14.0 Å². The maximum Gasteiger partial charge on any atom is 0.318 e. The Balaban J connectivity index is 2.14. The van der Waals surface area contributed by atoms with E-state index in [2.05, 4.69) is 5.32 Å². The fraction of sp³-hybridized carbons (Fsp3) is 0.455. The minimum absolute atomic E-state index is 0.0717. The van der Waals surface area contributed by atoms with Crippen molar-refractivity contribution in [3.05, 3.63) is 24.2 Å². The SMILES string of the molecule is CC(CCc1ccco1)NCC(=O)NC(N)=O. The highest BCUT2D eigenvalue weighted by Crippen LogP contribution is 2.05. The fourth-order valence-corrected chi connectivity index (χ4v) is 1.36. The Kier molecular flexibility index (Phi) is 5.22. The van der Waals surface area contributed by atoms with Crippen LogP contribution in [-0.2, 0) is 11.2 Å². The highest BCUT2D eigenvalue weighted by molar-refractivity contribution is 5.94. The number of carbonyl (C=O) groups excluding carboxylic acids is 2. The van der Waals surface area contributed by atoms with Crippen molar-refractivity contribution in [2.75, 3.05) is 6.54 Å². The largest absolute Gasteiger partial charge is 0.469 e. The minimum Gasteiger partial charge on any atom is -0.469 e. The molecule has 1 unspecified atom stereocenters. The Morgan fingerprint density at radius 2 is 2.29 bits per heavy atom. The van der Waals surface area contributed by atoms with Crippen molar-refractivity contribution in [3.8, 4) is 0 Å². The van der Waals surface area contributed by atoms with Crippen LogP contribution in [-0.4, -0.2) is 24.5 Å². The van der Waals surface area contributed by atoms with Gasteiger partial charge in [0.15, 0.2) is 0 Å². The zero-order valence-corrected chi connectivity index (χ0v) is 9.73. The normalized spacial score (nSPS) is 12.1. The lowest BCUT2D eigenvalue weighted by Crippen LogP contribution is -2.42. The van der Waals surface area contributed by atoms with Gasteiger partial charge in [0.05, 0.1) is 12.8 Å². The standard InChI is InChI=1S/C11H17N3O3/c1-8(4-5-9-3-2-6-17-9)13-7-10(15)14-11(12)16/h2-3,6,8,13H,4-5,7H2,1H3,(H3,12,14,15,16). The van der Waals surface area contributed by atoms with Crippen LogP contribution in [0.25, 0.3) is 0 Å². The smallest absolute Gasteiger partial charge is 0.318 e. The van der Waals surface area contributed by atoms with Crippen LogP contribution in [0.2, 0.25) is 0 Å². The number of furan rings is 1. The molecule has 0 aliphatic carbocycles. The van der Waals surface area contributed by atoms with Crippen molar-refractivity contribution in [2.24, 2.45) is 5.73 Å². The molecule has 1 aromatic rings. The summed E-state index contributed by atoms with van der Waals surface area (Å²) in [4.78, 5) is 21.5. The summed E-state index contributed by atoms with van der Waals surface area (Å²) >= 11 is 0. The molecule has 1 atom stereocenters. The highest BCUT2D eigenvalue weighted by Gasteiger charge is 2.07. The first kappa shape index (κ1) is 13.2. The summed E-state index contributed by atoms with van der Waals surface area (Å²) in [5, 5.41) is 4.98.